The number of aromatic nitrogens is 2. The molecular formula is C18H26N4O3. The zero-order valence-electron chi connectivity index (χ0n) is 14.7. The molecule has 136 valence electrons. The van der Waals surface area contributed by atoms with E-state index < -0.39 is 5.60 Å². The van der Waals surface area contributed by atoms with Gasteiger partial charge in [-0.1, -0.05) is 6.42 Å². The number of nitrogens with zero attached hydrogens (tertiary/aromatic N) is 4. The monoisotopic (exact) mass is 346 g/mol. The molecule has 7 nitrogen and oxygen atoms in total. The van der Waals surface area contributed by atoms with Crippen LogP contribution in [0.3, 0.4) is 0 Å². The molecule has 0 spiro atoms. The minimum absolute atomic E-state index is 0.0439. The minimum Gasteiger partial charge on any atom is -0.389 e. The predicted octanol–water partition coefficient (Wildman–Crippen LogP) is 0.646. The molecule has 3 fully saturated rings. The van der Waals surface area contributed by atoms with Gasteiger partial charge in [-0.2, -0.15) is 5.10 Å². The van der Waals surface area contributed by atoms with Gasteiger partial charge < -0.3 is 14.9 Å². The molecule has 25 heavy (non-hydrogen) atoms. The first-order valence-electron chi connectivity index (χ1n) is 9.25. The highest BCUT2D eigenvalue weighted by atomic mass is 16.3. The standard InChI is InChI=1S/C18H26N4O3/c1-20-10-14(9-19-20)17(24)22-8-6-18(25)5-7-21(11-15(18)12-22)16(23)13-3-2-4-13/h9-10,13,15,25H,2-8,11-12H2,1H3/t15-,18-/m0/s1. The highest BCUT2D eigenvalue weighted by Gasteiger charge is 2.47. The third-order valence-electron chi connectivity index (χ3n) is 6.28. The van der Waals surface area contributed by atoms with Crippen LogP contribution >= 0.6 is 0 Å². The van der Waals surface area contributed by atoms with Gasteiger partial charge in [0.05, 0.1) is 17.4 Å². The largest absolute Gasteiger partial charge is 0.389 e. The van der Waals surface area contributed by atoms with Crippen LogP contribution in [0.1, 0.15) is 42.5 Å². The van der Waals surface area contributed by atoms with E-state index in [0.29, 0.717) is 44.6 Å². The second-order valence-corrected chi connectivity index (χ2v) is 7.87. The fourth-order valence-corrected chi connectivity index (χ4v) is 4.31. The molecule has 1 aromatic heterocycles. The molecule has 4 rings (SSSR count). The van der Waals surface area contributed by atoms with E-state index in [2.05, 4.69) is 5.10 Å². The molecule has 0 radical (unpaired) electrons. The highest BCUT2D eigenvalue weighted by Crippen LogP contribution is 2.37. The molecule has 0 bridgehead atoms. The number of hydrogen-bond donors (Lipinski definition) is 1. The first-order valence-corrected chi connectivity index (χ1v) is 9.25. The van der Waals surface area contributed by atoms with Gasteiger partial charge in [0.25, 0.3) is 5.91 Å². The van der Waals surface area contributed by atoms with Gasteiger partial charge in [-0.3, -0.25) is 14.3 Å². The summed E-state index contributed by atoms with van der Waals surface area (Å²) in [5.41, 5.74) is -0.173. The summed E-state index contributed by atoms with van der Waals surface area (Å²) in [6.45, 7) is 2.25. The molecule has 0 unspecified atom stereocenters. The summed E-state index contributed by atoms with van der Waals surface area (Å²) in [5.74, 6) is 0.309. The number of carbonyl (C=O) groups is 2. The number of piperidine rings is 2. The summed E-state index contributed by atoms with van der Waals surface area (Å²) in [5, 5.41) is 15.0. The molecule has 2 amide bonds. The van der Waals surface area contributed by atoms with E-state index in [1.165, 1.54) is 0 Å². The van der Waals surface area contributed by atoms with Crippen molar-refractivity contribution >= 4 is 11.8 Å². The van der Waals surface area contributed by atoms with Crippen LogP contribution in [-0.4, -0.2) is 68.3 Å². The number of amides is 2. The van der Waals surface area contributed by atoms with E-state index in [4.69, 9.17) is 0 Å². The lowest BCUT2D eigenvalue weighted by Crippen LogP contribution is -2.62. The van der Waals surface area contributed by atoms with Crippen molar-refractivity contribution in [2.75, 3.05) is 26.2 Å². The Morgan fingerprint density at radius 2 is 1.88 bits per heavy atom. The van der Waals surface area contributed by atoms with Crippen LogP contribution < -0.4 is 0 Å². The van der Waals surface area contributed by atoms with Crippen molar-refractivity contribution in [1.82, 2.24) is 19.6 Å². The molecule has 0 aromatic carbocycles. The van der Waals surface area contributed by atoms with Gasteiger partial charge in [-0.25, -0.2) is 0 Å². The zero-order valence-corrected chi connectivity index (χ0v) is 14.7. The number of likely N-dealkylation sites (tertiary alicyclic amines) is 2. The number of hydrogen-bond acceptors (Lipinski definition) is 4. The van der Waals surface area contributed by atoms with Gasteiger partial charge in [-0.05, 0) is 25.7 Å². The SMILES string of the molecule is Cn1cc(C(=O)N2CC[C@@]3(O)CCN(C(=O)C4CCC4)C[C@H]3C2)cn1. The van der Waals surface area contributed by atoms with Crippen molar-refractivity contribution in [1.29, 1.82) is 0 Å². The molecule has 7 heteroatoms. The number of rotatable bonds is 2. The summed E-state index contributed by atoms with van der Waals surface area (Å²) in [4.78, 5) is 28.9. The fourth-order valence-electron chi connectivity index (χ4n) is 4.31. The van der Waals surface area contributed by atoms with Crippen LogP contribution in [0, 0.1) is 11.8 Å². The lowest BCUT2D eigenvalue weighted by molar-refractivity contribution is -0.151. The van der Waals surface area contributed by atoms with Crippen LogP contribution in [0.15, 0.2) is 12.4 Å². The second kappa shape index (κ2) is 6.12. The van der Waals surface area contributed by atoms with Crippen LogP contribution in [-0.2, 0) is 11.8 Å². The Balaban J connectivity index is 1.45. The molecule has 3 heterocycles. The summed E-state index contributed by atoms with van der Waals surface area (Å²) in [7, 11) is 1.79. The van der Waals surface area contributed by atoms with Crippen LogP contribution in [0.5, 0.6) is 0 Å². The zero-order chi connectivity index (χ0) is 17.6. The van der Waals surface area contributed by atoms with Gasteiger partial charge in [-0.15, -0.1) is 0 Å². The molecule has 3 aliphatic rings. The van der Waals surface area contributed by atoms with Crippen LogP contribution in [0.2, 0.25) is 0 Å². The lowest BCUT2D eigenvalue weighted by Gasteiger charge is -2.50. The molecule has 2 aliphatic heterocycles. The first-order chi connectivity index (χ1) is 12.0. The highest BCUT2D eigenvalue weighted by molar-refractivity contribution is 5.93. The lowest BCUT2D eigenvalue weighted by atomic mass is 9.74. The topological polar surface area (TPSA) is 78.7 Å². The molecule has 1 aromatic rings. The van der Waals surface area contributed by atoms with Crippen LogP contribution in [0.25, 0.3) is 0 Å². The van der Waals surface area contributed by atoms with Crippen molar-refractivity contribution in [3.63, 3.8) is 0 Å². The smallest absolute Gasteiger partial charge is 0.257 e. The average Bonchev–Trinajstić information content (AvgIpc) is 2.98. The maximum Gasteiger partial charge on any atom is 0.257 e. The summed E-state index contributed by atoms with van der Waals surface area (Å²) in [6, 6.07) is 0. The van der Waals surface area contributed by atoms with E-state index in [1.807, 2.05) is 4.90 Å². The van der Waals surface area contributed by atoms with Gasteiger partial charge in [0, 0.05) is 51.3 Å². The Hall–Kier alpha value is -1.89. The van der Waals surface area contributed by atoms with Crippen molar-refractivity contribution in [3.05, 3.63) is 18.0 Å². The third-order valence-corrected chi connectivity index (χ3v) is 6.28. The maximum absolute atomic E-state index is 12.7. The first kappa shape index (κ1) is 16.6. The number of aryl methyl sites for hydroxylation is 1. The molecule has 1 saturated carbocycles. The summed E-state index contributed by atoms with van der Waals surface area (Å²) in [6.07, 6.45) is 7.63. The van der Waals surface area contributed by atoms with Crippen molar-refractivity contribution < 1.29 is 14.7 Å². The van der Waals surface area contributed by atoms with Crippen molar-refractivity contribution in [3.8, 4) is 0 Å². The quantitative estimate of drug-likeness (QED) is 0.853. The fraction of sp³-hybridized carbons (Fsp3) is 0.722. The van der Waals surface area contributed by atoms with Crippen LogP contribution in [0.4, 0.5) is 0 Å². The summed E-state index contributed by atoms with van der Waals surface area (Å²) >= 11 is 0. The third kappa shape index (κ3) is 2.94. The van der Waals surface area contributed by atoms with E-state index >= 15 is 0 Å². The van der Waals surface area contributed by atoms with Gasteiger partial charge >= 0.3 is 0 Å². The van der Waals surface area contributed by atoms with Gasteiger partial charge in [0.15, 0.2) is 0 Å². The Bertz CT molecular complexity index is 684. The van der Waals surface area contributed by atoms with Crippen molar-refractivity contribution in [2.24, 2.45) is 18.9 Å². The Kier molecular flexibility index (Phi) is 4.06. The van der Waals surface area contributed by atoms with E-state index in [1.54, 1.807) is 29.0 Å². The minimum atomic E-state index is -0.748. The molecule has 1 aliphatic carbocycles. The van der Waals surface area contributed by atoms with E-state index in [0.717, 1.165) is 19.3 Å². The molecule has 2 atom stereocenters. The molecule has 1 N–H and O–H groups in total. The number of aliphatic hydroxyl groups is 1. The van der Waals surface area contributed by atoms with Crippen molar-refractivity contribution in [2.45, 2.75) is 37.7 Å². The Morgan fingerprint density at radius 3 is 2.48 bits per heavy atom. The molecule has 2 saturated heterocycles. The number of fused-ring (bicyclic) bond motifs is 1. The summed E-state index contributed by atoms with van der Waals surface area (Å²) < 4.78 is 1.62. The Morgan fingerprint density at radius 1 is 1.20 bits per heavy atom. The average molecular weight is 346 g/mol. The van der Waals surface area contributed by atoms with Gasteiger partial charge in [0.1, 0.15) is 0 Å². The Labute approximate surface area is 147 Å². The maximum atomic E-state index is 12.7. The second-order valence-electron chi connectivity index (χ2n) is 7.87. The van der Waals surface area contributed by atoms with E-state index in [9.17, 15) is 14.7 Å². The predicted molar refractivity (Wildman–Crippen MR) is 90.7 cm³/mol. The normalized spacial score (nSPS) is 29.9. The molecular weight excluding hydrogens is 320 g/mol. The van der Waals surface area contributed by atoms with E-state index in [-0.39, 0.29) is 23.7 Å². The number of carbonyl (C=O) groups excluding carboxylic acids is 2. The van der Waals surface area contributed by atoms with Gasteiger partial charge in [0.2, 0.25) is 5.91 Å².